The van der Waals surface area contributed by atoms with Crippen LogP contribution in [-0.2, 0) is 38.6 Å². The molecule has 63 heavy (non-hydrogen) atoms. The van der Waals surface area contributed by atoms with Crippen LogP contribution in [0.5, 0.6) is 5.75 Å². The second-order valence-corrected chi connectivity index (χ2v) is 16.8. The molecular formula is C47H68FN9O6. The van der Waals surface area contributed by atoms with E-state index in [2.05, 4.69) is 39.4 Å². The minimum atomic E-state index is -1.07. The third-order valence-electron chi connectivity index (χ3n) is 10.8. The Bertz CT molecular complexity index is 1900. The number of nitrogens with one attached hydrogen (secondary N) is 3. The van der Waals surface area contributed by atoms with Crippen molar-refractivity contribution in [1.29, 1.82) is 0 Å². The van der Waals surface area contributed by atoms with Crippen molar-refractivity contribution in [3.8, 4) is 5.75 Å². The number of piperazine rings is 1. The van der Waals surface area contributed by atoms with Crippen LogP contribution in [0.2, 0.25) is 0 Å². The van der Waals surface area contributed by atoms with Crippen LogP contribution in [0.3, 0.4) is 0 Å². The first-order valence-electron chi connectivity index (χ1n) is 22.2. The standard InChI is InChI=1S/C47H68FN9O6/c1-8-23-57(52-46(60)49-29-36-15-13-12-14-16-36)33-42(58)51-41(28-35-17-20-39(21-18-35)63-47(5,6)7)45(59)56(34-43(61-10-3)62-11-4)30-37-19-22-40(48)44(50-37)55-31-38(32-55)54-26-24-53(9-2)25-27-54/h8,12-22,38,41,43H,1,9-11,23-34H2,2-7H3,(H,51,58)(H2,49,52,60)/t41-/m0/s1. The van der Waals surface area contributed by atoms with Gasteiger partial charge in [0.15, 0.2) is 17.9 Å². The number of amides is 4. The number of carbonyl (C=O) groups is 3. The van der Waals surface area contributed by atoms with Crippen LogP contribution in [0.25, 0.3) is 0 Å². The Morgan fingerprint density at radius 2 is 1.62 bits per heavy atom. The van der Waals surface area contributed by atoms with E-state index in [0.29, 0.717) is 43.8 Å². The maximum absolute atomic E-state index is 15.5. The van der Waals surface area contributed by atoms with Gasteiger partial charge < -0.3 is 39.5 Å². The molecule has 15 nitrogen and oxygen atoms in total. The number of anilines is 1. The summed E-state index contributed by atoms with van der Waals surface area (Å²) in [6.07, 6.45) is 0.914. The van der Waals surface area contributed by atoms with Crippen molar-refractivity contribution in [3.05, 3.63) is 102 Å². The van der Waals surface area contributed by atoms with E-state index in [1.807, 2.05) is 94.1 Å². The zero-order chi connectivity index (χ0) is 45.4. The first-order valence-corrected chi connectivity index (χ1v) is 22.2. The predicted molar refractivity (Wildman–Crippen MR) is 242 cm³/mol. The van der Waals surface area contributed by atoms with Crippen molar-refractivity contribution >= 4 is 23.7 Å². The summed E-state index contributed by atoms with van der Waals surface area (Å²) < 4.78 is 33.3. The number of aromatic nitrogens is 1. The van der Waals surface area contributed by atoms with E-state index in [9.17, 15) is 14.4 Å². The van der Waals surface area contributed by atoms with Crippen molar-refractivity contribution in [2.45, 2.75) is 85.0 Å². The van der Waals surface area contributed by atoms with E-state index >= 15 is 4.39 Å². The van der Waals surface area contributed by atoms with E-state index in [4.69, 9.17) is 19.2 Å². The zero-order valence-corrected chi connectivity index (χ0v) is 38.0. The molecule has 3 N–H and O–H groups in total. The number of hydrogen-bond donors (Lipinski definition) is 3. The van der Waals surface area contributed by atoms with Gasteiger partial charge in [0.1, 0.15) is 17.4 Å². The molecule has 2 aromatic carbocycles. The Kier molecular flexibility index (Phi) is 18.7. The molecule has 2 aliphatic heterocycles. The summed E-state index contributed by atoms with van der Waals surface area (Å²) in [7, 11) is 0. The van der Waals surface area contributed by atoms with Crippen molar-refractivity contribution in [3.63, 3.8) is 0 Å². The molecule has 5 rings (SSSR count). The number of pyridine rings is 1. The number of nitrogens with zero attached hydrogens (tertiary/aromatic N) is 6. The fourth-order valence-electron chi connectivity index (χ4n) is 7.60. The molecule has 0 radical (unpaired) electrons. The Morgan fingerprint density at radius 3 is 2.24 bits per heavy atom. The maximum Gasteiger partial charge on any atom is 0.329 e. The smallest absolute Gasteiger partial charge is 0.329 e. The van der Waals surface area contributed by atoms with Crippen molar-refractivity contribution < 1.29 is 33.0 Å². The van der Waals surface area contributed by atoms with Gasteiger partial charge in [0, 0.05) is 78.0 Å². The second-order valence-electron chi connectivity index (χ2n) is 16.8. The summed E-state index contributed by atoms with van der Waals surface area (Å²) in [5.41, 5.74) is 4.47. The summed E-state index contributed by atoms with van der Waals surface area (Å²) >= 11 is 0. The first-order chi connectivity index (χ1) is 30.3. The van der Waals surface area contributed by atoms with Gasteiger partial charge in [-0.05, 0) is 76.6 Å². The minimum Gasteiger partial charge on any atom is -0.488 e. The van der Waals surface area contributed by atoms with E-state index in [0.717, 1.165) is 43.9 Å². The second kappa shape index (κ2) is 24.1. The summed E-state index contributed by atoms with van der Waals surface area (Å²) in [4.78, 5) is 54.9. The Labute approximate surface area is 372 Å². The molecule has 2 saturated heterocycles. The lowest BCUT2D eigenvalue weighted by Crippen LogP contribution is -2.63. The van der Waals surface area contributed by atoms with Gasteiger partial charge in [-0.2, -0.15) is 0 Å². The molecule has 0 unspecified atom stereocenters. The summed E-state index contributed by atoms with van der Waals surface area (Å²) in [6, 6.07) is 18.6. The number of hydrazine groups is 1. The van der Waals surface area contributed by atoms with Gasteiger partial charge in [-0.15, -0.1) is 6.58 Å². The molecule has 1 aromatic heterocycles. The van der Waals surface area contributed by atoms with Crippen LogP contribution >= 0.6 is 0 Å². The first kappa shape index (κ1) is 48.9. The number of urea groups is 1. The number of hydrogen-bond acceptors (Lipinski definition) is 11. The number of likely N-dealkylation sites (N-methyl/N-ethyl adjacent to an activating group) is 1. The van der Waals surface area contributed by atoms with Crippen LogP contribution in [-0.4, -0.2) is 145 Å². The average molecular weight is 874 g/mol. The Morgan fingerprint density at radius 1 is 0.937 bits per heavy atom. The van der Waals surface area contributed by atoms with E-state index in [1.165, 1.54) is 11.1 Å². The number of benzene rings is 2. The highest BCUT2D eigenvalue weighted by Gasteiger charge is 2.36. The minimum absolute atomic E-state index is 0.00449. The normalized spacial score (nSPS) is 15.5. The maximum atomic E-state index is 15.5. The number of rotatable bonds is 23. The lowest BCUT2D eigenvalue weighted by molar-refractivity contribution is -0.161. The topological polar surface area (TPSA) is 144 Å². The van der Waals surface area contributed by atoms with Gasteiger partial charge >= 0.3 is 6.03 Å². The summed E-state index contributed by atoms with van der Waals surface area (Å²) in [5, 5.41) is 7.17. The summed E-state index contributed by atoms with van der Waals surface area (Å²) in [5.74, 6) is -0.446. The number of ether oxygens (including phenoxy) is 3. The largest absolute Gasteiger partial charge is 0.488 e. The average Bonchev–Trinajstić information content (AvgIpc) is 3.23. The lowest BCUT2D eigenvalue weighted by Gasteiger charge is -2.48. The molecule has 16 heteroatoms. The van der Waals surface area contributed by atoms with Crippen LogP contribution in [0.15, 0.2) is 79.4 Å². The highest BCUT2D eigenvalue weighted by molar-refractivity contribution is 5.89. The van der Waals surface area contributed by atoms with Crippen LogP contribution in [0.4, 0.5) is 15.0 Å². The molecule has 1 atom stereocenters. The van der Waals surface area contributed by atoms with Gasteiger partial charge in [0.25, 0.3) is 0 Å². The summed E-state index contributed by atoms with van der Waals surface area (Å²) in [6.45, 7) is 22.8. The molecular weight excluding hydrogens is 806 g/mol. The van der Waals surface area contributed by atoms with Gasteiger partial charge in [0.2, 0.25) is 11.8 Å². The molecule has 3 heterocycles. The molecule has 0 spiro atoms. The molecule has 4 amide bonds. The quantitative estimate of drug-likeness (QED) is 0.0701. The third-order valence-corrected chi connectivity index (χ3v) is 10.8. The van der Waals surface area contributed by atoms with Crippen molar-refractivity contribution in [2.24, 2.45) is 0 Å². The molecule has 344 valence electrons. The van der Waals surface area contributed by atoms with E-state index < -0.39 is 41.6 Å². The molecule has 2 aliphatic rings. The van der Waals surface area contributed by atoms with Crippen LogP contribution < -0.4 is 25.7 Å². The van der Waals surface area contributed by atoms with Crippen molar-refractivity contribution in [1.82, 2.24) is 40.8 Å². The fourth-order valence-corrected chi connectivity index (χ4v) is 7.60. The van der Waals surface area contributed by atoms with Gasteiger partial charge in [0.05, 0.1) is 25.3 Å². The van der Waals surface area contributed by atoms with Crippen LogP contribution in [0, 0.1) is 5.82 Å². The predicted octanol–water partition coefficient (Wildman–Crippen LogP) is 4.58. The monoisotopic (exact) mass is 874 g/mol. The SMILES string of the molecule is C=CCN(CC(=O)N[C@@H](Cc1ccc(OC(C)(C)C)cc1)C(=O)N(Cc1ccc(F)c(N2CC(N3CCN(CC)CC3)C2)n1)CC(OCC)OCC)NC(=O)NCc1ccccc1. The molecule has 0 saturated carbocycles. The van der Waals surface area contributed by atoms with Crippen LogP contribution in [0.1, 0.15) is 58.4 Å². The van der Waals surface area contributed by atoms with E-state index in [-0.39, 0.29) is 45.0 Å². The number of carbonyl (C=O) groups excluding carboxylic acids is 3. The molecule has 0 bridgehead atoms. The lowest BCUT2D eigenvalue weighted by atomic mass is 10.0. The highest BCUT2D eigenvalue weighted by Crippen LogP contribution is 2.27. The molecule has 0 aliphatic carbocycles. The van der Waals surface area contributed by atoms with E-state index in [1.54, 1.807) is 17.0 Å². The highest BCUT2D eigenvalue weighted by atomic mass is 19.1. The van der Waals surface area contributed by atoms with Gasteiger partial charge in [-0.1, -0.05) is 55.5 Å². The Hall–Kier alpha value is -5.13. The fraction of sp³-hybridized carbons (Fsp3) is 0.532. The van der Waals surface area contributed by atoms with Crippen molar-refractivity contribution in [2.75, 3.05) is 83.6 Å². The Balaban J connectivity index is 1.36. The van der Waals surface area contributed by atoms with Gasteiger partial charge in [-0.25, -0.2) is 19.2 Å². The third kappa shape index (κ3) is 15.6. The van der Waals surface area contributed by atoms with Gasteiger partial charge in [-0.3, -0.25) is 19.9 Å². The zero-order valence-electron chi connectivity index (χ0n) is 38.0. The number of halogens is 1. The molecule has 3 aromatic rings. The molecule has 2 fully saturated rings.